The van der Waals surface area contributed by atoms with Gasteiger partial charge in [0.25, 0.3) is 0 Å². The molecule has 1 heterocycles. The number of carboxylic acid groups (broad SMARTS) is 1. The first-order valence-corrected chi connectivity index (χ1v) is 9.50. The molecule has 0 radical (unpaired) electrons. The fourth-order valence-electron chi connectivity index (χ4n) is 3.71. The summed E-state index contributed by atoms with van der Waals surface area (Å²) in [5, 5.41) is 18.3. The Morgan fingerprint density at radius 2 is 1.81 bits per heavy atom. The summed E-state index contributed by atoms with van der Waals surface area (Å²) in [5.74, 6) is -1.28. The van der Waals surface area contributed by atoms with Gasteiger partial charge in [0, 0.05) is 5.92 Å². The van der Waals surface area contributed by atoms with Crippen molar-refractivity contribution in [3.05, 3.63) is 54.1 Å². The first-order chi connectivity index (χ1) is 12.4. The van der Waals surface area contributed by atoms with Crippen LogP contribution in [0.25, 0.3) is 0 Å². The molecule has 2 aliphatic rings. The number of hydrogen-bond acceptors (Lipinski definition) is 6. The molecular formula is C18H16O7S. The summed E-state index contributed by atoms with van der Waals surface area (Å²) >= 11 is 0. The molecule has 2 aromatic carbocycles. The lowest BCUT2D eigenvalue weighted by atomic mass is 10.00. The van der Waals surface area contributed by atoms with E-state index in [4.69, 9.17) is 9.47 Å². The second kappa shape index (κ2) is 5.72. The Kier molecular flexibility index (Phi) is 3.71. The summed E-state index contributed by atoms with van der Waals surface area (Å²) < 4.78 is 36.7. The fourth-order valence-corrected chi connectivity index (χ4v) is 6.09. The monoisotopic (exact) mass is 376 g/mol. The van der Waals surface area contributed by atoms with Gasteiger partial charge in [0.1, 0.15) is 5.41 Å². The molecule has 0 saturated heterocycles. The van der Waals surface area contributed by atoms with Crippen molar-refractivity contribution < 1.29 is 32.9 Å². The number of carbonyl (C=O) groups is 1. The smallest absolute Gasteiger partial charge is 0.314 e. The minimum Gasteiger partial charge on any atom is -0.481 e. The van der Waals surface area contributed by atoms with Gasteiger partial charge in [-0.05, 0) is 29.8 Å². The summed E-state index contributed by atoms with van der Waals surface area (Å²) in [6, 6.07) is 12.5. The van der Waals surface area contributed by atoms with Gasteiger partial charge in [-0.15, -0.1) is 0 Å². The molecule has 0 spiro atoms. The van der Waals surface area contributed by atoms with Crippen molar-refractivity contribution in [2.45, 2.75) is 16.1 Å². The van der Waals surface area contributed by atoms with Crippen LogP contribution in [0.4, 0.5) is 0 Å². The van der Waals surface area contributed by atoms with E-state index in [1.54, 1.807) is 36.4 Å². The average Bonchev–Trinajstić information content (AvgIpc) is 3.15. The van der Waals surface area contributed by atoms with Crippen molar-refractivity contribution in [1.29, 1.82) is 0 Å². The molecule has 0 bridgehead atoms. The molecule has 2 N–H and O–H groups in total. The minimum atomic E-state index is -3.95. The van der Waals surface area contributed by atoms with Gasteiger partial charge < -0.3 is 19.7 Å². The summed E-state index contributed by atoms with van der Waals surface area (Å²) in [5.41, 5.74) is -1.31. The van der Waals surface area contributed by atoms with Crippen molar-refractivity contribution in [3.63, 3.8) is 0 Å². The molecule has 0 aromatic heterocycles. The lowest BCUT2D eigenvalue weighted by molar-refractivity contribution is -0.145. The SMILES string of the molecule is O=C(O)[C@]1(CO)[C@H](c2ccc3c(c2)OCO3)[C@@H]1S(=O)(=O)c1ccccc1. The van der Waals surface area contributed by atoms with E-state index in [9.17, 15) is 23.4 Å². The van der Waals surface area contributed by atoms with Crippen LogP contribution in [0.1, 0.15) is 11.5 Å². The van der Waals surface area contributed by atoms with E-state index in [-0.39, 0.29) is 11.7 Å². The van der Waals surface area contributed by atoms with Crippen LogP contribution in [0.2, 0.25) is 0 Å². The number of aliphatic hydroxyl groups is 1. The van der Waals surface area contributed by atoms with Crippen LogP contribution >= 0.6 is 0 Å². The zero-order chi connectivity index (χ0) is 18.5. The molecule has 1 saturated carbocycles. The van der Waals surface area contributed by atoms with Crippen molar-refractivity contribution in [2.24, 2.45) is 5.41 Å². The highest BCUT2D eigenvalue weighted by Crippen LogP contribution is 2.64. The summed E-state index contributed by atoms with van der Waals surface area (Å²) in [7, 11) is -3.95. The summed E-state index contributed by atoms with van der Waals surface area (Å²) in [4.78, 5) is 12.0. The molecular weight excluding hydrogens is 360 g/mol. The Hall–Kier alpha value is -2.58. The normalized spacial score (nSPS) is 26.5. The van der Waals surface area contributed by atoms with Gasteiger partial charge in [0.15, 0.2) is 21.3 Å². The predicted octanol–water partition coefficient (Wildman–Crippen LogP) is 1.42. The summed E-state index contributed by atoms with van der Waals surface area (Å²) in [6.07, 6.45) is 0. The Bertz CT molecular complexity index is 970. The maximum Gasteiger partial charge on any atom is 0.314 e. The maximum atomic E-state index is 13.1. The number of aliphatic carboxylic acids is 1. The highest BCUT2D eigenvalue weighted by atomic mass is 32.2. The topological polar surface area (TPSA) is 110 Å². The number of aliphatic hydroxyl groups excluding tert-OH is 1. The van der Waals surface area contributed by atoms with Gasteiger partial charge in [-0.1, -0.05) is 24.3 Å². The molecule has 1 fully saturated rings. The Balaban J connectivity index is 1.81. The lowest BCUT2D eigenvalue weighted by Crippen LogP contribution is -2.27. The Morgan fingerprint density at radius 1 is 1.12 bits per heavy atom. The Morgan fingerprint density at radius 3 is 2.46 bits per heavy atom. The van der Waals surface area contributed by atoms with Crippen LogP contribution in [0, 0.1) is 5.41 Å². The first kappa shape index (κ1) is 16.9. The Labute approximate surface area is 149 Å². The number of ether oxygens (including phenoxy) is 2. The van der Waals surface area contributed by atoms with E-state index in [1.165, 1.54) is 12.1 Å². The van der Waals surface area contributed by atoms with Crippen LogP contribution in [0.15, 0.2) is 53.4 Å². The number of sulfone groups is 1. The van der Waals surface area contributed by atoms with Crippen molar-refractivity contribution in [3.8, 4) is 11.5 Å². The van der Waals surface area contributed by atoms with Crippen molar-refractivity contribution in [2.75, 3.05) is 13.4 Å². The molecule has 8 heteroatoms. The van der Waals surface area contributed by atoms with Crippen LogP contribution in [0.3, 0.4) is 0 Å². The predicted molar refractivity (Wildman–Crippen MR) is 89.9 cm³/mol. The number of hydrogen-bond donors (Lipinski definition) is 2. The molecule has 0 unspecified atom stereocenters. The zero-order valence-electron chi connectivity index (χ0n) is 13.5. The number of fused-ring (bicyclic) bond motifs is 1. The van der Waals surface area contributed by atoms with E-state index in [0.29, 0.717) is 17.1 Å². The number of benzene rings is 2. The quantitative estimate of drug-likeness (QED) is 0.812. The molecule has 1 aliphatic carbocycles. The van der Waals surface area contributed by atoms with E-state index >= 15 is 0 Å². The molecule has 0 amide bonds. The van der Waals surface area contributed by atoms with Gasteiger partial charge in [-0.25, -0.2) is 8.42 Å². The van der Waals surface area contributed by atoms with Gasteiger partial charge in [0.2, 0.25) is 6.79 Å². The molecule has 136 valence electrons. The van der Waals surface area contributed by atoms with Gasteiger partial charge in [-0.3, -0.25) is 4.79 Å². The first-order valence-electron chi connectivity index (χ1n) is 7.95. The molecule has 26 heavy (non-hydrogen) atoms. The zero-order valence-corrected chi connectivity index (χ0v) is 14.3. The van der Waals surface area contributed by atoms with Crippen LogP contribution in [-0.4, -0.2) is 43.2 Å². The van der Waals surface area contributed by atoms with Gasteiger partial charge in [-0.2, -0.15) is 0 Å². The van der Waals surface area contributed by atoms with Crippen molar-refractivity contribution >= 4 is 15.8 Å². The largest absolute Gasteiger partial charge is 0.481 e. The molecule has 2 aromatic rings. The average molecular weight is 376 g/mol. The molecule has 3 atom stereocenters. The highest BCUT2D eigenvalue weighted by molar-refractivity contribution is 7.92. The number of rotatable bonds is 5. The summed E-state index contributed by atoms with van der Waals surface area (Å²) in [6.45, 7) is -0.725. The lowest BCUT2D eigenvalue weighted by Gasteiger charge is -2.09. The van der Waals surface area contributed by atoms with Crippen LogP contribution in [0.5, 0.6) is 11.5 Å². The van der Waals surface area contributed by atoms with Crippen molar-refractivity contribution in [1.82, 2.24) is 0 Å². The van der Waals surface area contributed by atoms with E-state index in [0.717, 1.165) is 0 Å². The third-order valence-electron chi connectivity index (χ3n) is 5.08. The van der Waals surface area contributed by atoms with Gasteiger partial charge in [0.05, 0.1) is 16.8 Å². The molecule has 4 rings (SSSR count). The third kappa shape index (κ3) is 2.22. The van der Waals surface area contributed by atoms with Crippen LogP contribution in [-0.2, 0) is 14.6 Å². The van der Waals surface area contributed by atoms with E-state index in [1.807, 2.05) is 0 Å². The number of carboxylic acids is 1. The standard InChI is InChI=1S/C18H16O7S/c19-9-18(17(20)21)15(11-6-7-13-14(8-11)25-10-24-13)16(18)26(22,23)12-4-2-1-3-5-12/h1-8,15-16,19H,9-10H2,(H,20,21)/t15-,16+,18-/m1/s1. The second-order valence-corrected chi connectivity index (χ2v) is 8.44. The third-order valence-corrected chi connectivity index (χ3v) is 7.37. The highest BCUT2D eigenvalue weighted by Gasteiger charge is 2.75. The minimum absolute atomic E-state index is 0.0346. The van der Waals surface area contributed by atoms with E-state index in [2.05, 4.69) is 0 Å². The second-order valence-electron chi connectivity index (χ2n) is 6.37. The van der Waals surface area contributed by atoms with Gasteiger partial charge >= 0.3 is 5.97 Å². The molecule has 1 aliphatic heterocycles. The van der Waals surface area contributed by atoms with E-state index < -0.39 is 39.0 Å². The molecule has 7 nitrogen and oxygen atoms in total. The maximum absolute atomic E-state index is 13.1. The fraction of sp³-hybridized carbons (Fsp3) is 0.278. The van der Waals surface area contributed by atoms with Crippen LogP contribution < -0.4 is 9.47 Å².